The number of urea groups is 1. The molecule has 0 aliphatic carbocycles. The molecule has 0 unspecified atom stereocenters. The van der Waals surface area contributed by atoms with Crippen molar-refractivity contribution in [1.82, 2.24) is 4.98 Å². The molecular weight excluding hydrogens is 491 g/mol. The molecule has 9 heteroatoms. The van der Waals surface area contributed by atoms with Gasteiger partial charge in [-0.25, -0.2) is 13.2 Å². The molecule has 0 bridgehead atoms. The van der Waals surface area contributed by atoms with Crippen molar-refractivity contribution < 1.29 is 13.2 Å². The van der Waals surface area contributed by atoms with Crippen LogP contribution in [0.2, 0.25) is 0 Å². The lowest BCUT2D eigenvalue weighted by atomic mass is 10.2. The van der Waals surface area contributed by atoms with E-state index in [4.69, 9.17) is 5.73 Å². The van der Waals surface area contributed by atoms with E-state index in [0.717, 1.165) is 9.13 Å². The molecule has 1 heterocycles. The number of hydrogen-bond acceptors (Lipinski definition) is 4. The van der Waals surface area contributed by atoms with Gasteiger partial charge >= 0.3 is 6.03 Å². The minimum Gasteiger partial charge on any atom is -0.351 e. The third kappa shape index (κ3) is 4.78. The van der Waals surface area contributed by atoms with Crippen molar-refractivity contribution >= 4 is 50.0 Å². The zero-order valence-electron chi connectivity index (χ0n) is 14.6. The van der Waals surface area contributed by atoms with Gasteiger partial charge in [0.2, 0.25) is 0 Å². The van der Waals surface area contributed by atoms with Crippen molar-refractivity contribution in [3.8, 4) is 0 Å². The molecule has 0 saturated carbocycles. The number of halogens is 1. The number of hydrogen-bond donors (Lipinski definition) is 2. The van der Waals surface area contributed by atoms with E-state index in [1.807, 2.05) is 18.2 Å². The van der Waals surface area contributed by atoms with Gasteiger partial charge in [-0.1, -0.05) is 18.2 Å². The first-order valence-electron chi connectivity index (χ1n) is 8.20. The van der Waals surface area contributed by atoms with Crippen LogP contribution >= 0.6 is 22.6 Å². The molecule has 0 fully saturated rings. The number of nitrogens with zero attached hydrogens (tertiary/aromatic N) is 2. The van der Waals surface area contributed by atoms with Crippen LogP contribution in [-0.4, -0.2) is 19.4 Å². The summed E-state index contributed by atoms with van der Waals surface area (Å²) in [4.78, 5) is 17.3. The Bertz CT molecular complexity index is 1070. The molecule has 0 atom stereocenters. The topological polar surface area (TPSA) is 105 Å². The Balaban J connectivity index is 1.83. The first kappa shape index (κ1) is 20.1. The van der Waals surface area contributed by atoms with Crippen molar-refractivity contribution in [3.05, 3.63) is 82.2 Å². The standard InChI is InChI=1S/C19H17IN4O3S/c20-17-5-1-2-6-18(17)23-28(26,27)16-9-7-15(8-10-16)24(19(21)25)13-14-4-3-11-22-12-14/h1-12,23H,13H2,(H2,21,25). The fourth-order valence-corrected chi connectivity index (χ4v) is 4.31. The van der Waals surface area contributed by atoms with E-state index in [1.54, 1.807) is 42.7 Å². The van der Waals surface area contributed by atoms with Crippen LogP contribution < -0.4 is 15.4 Å². The largest absolute Gasteiger partial charge is 0.351 e. The summed E-state index contributed by atoms with van der Waals surface area (Å²) in [5.74, 6) is 0. The van der Waals surface area contributed by atoms with Gasteiger partial charge in [-0.15, -0.1) is 0 Å². The monoisotopic (exact) mass is 508 g/mol. The number of carbonyl (C=O) groups excluding carboxylic acids is 1. The number of nitrogens with one attached hydrogen (secondary N) is 1. The summed E-state index contributed by atoms with van der Waals surface area (Å²) < 4.78 is 28.6. The molecule has 1 aromatic heterocycles. The van der Waals surface area contributed by atoms with Crippen LogP contribution in [0.3, 0.4) is 0 Å². The maximum atomic E-state index is 12.6. The molecule has 0 aliphatic rings. The summed E-state index contributed by atoms with van der Waals surface area (Å²) in [6.07, 6.45) is 3.28. The average Bonchev–Trinajstić information content (AvgIpc) is 2.68. The number of benzene rings is 2. The smallest absolute Gasteiger partial charge is 0.319 e. The van der Waals surface area contributed by atoms with Crippen molar-refractivity contribution in [2.45, 2.75) is 11.4 Å². The Morgan fingerprint density at radius 2 is 1.79 bits per heavy atom. The lowest BCUT2D eigenvalue weighted by Gasteiger charge is -2.21. The molecule has 28 heavy (non-hydrogen) atoms. The molecule has 0 spiro atoms. The summed E-state index contributed by atoms with van der Waals surface area (Å²) in [5, 5.41) is 0. The van der Waals surface area contributed by atoms with Gasteiger partial charge in [0.1, 0.15) is 0 Å². The average molecular weight is 508 g/mol. The highest BCUT2D eigenvalue weighted by atomic mass is 127. The lowest BCUT2D eigenvalue weighted by Crippen LogP contribution is -2.35. The van der Waals surface area contributed by atoms with Crippen LogP contribution in [0.4, 0.5) is 16.2 Å². The first-order valence-corrected chi connectivity index (χ1v) is 10.8. The number of anilines is 2. The van der Waals surface area contributed by atoms with Gasteiger partial charge in [-0.3, -0.25) is 14.6 Å². The zero-order chi connectivity index (χ0) is 20.1. The van der Waals surface area contributed by atoms with Gasteiger partial charge in [-0.05, 0) is 70.6 Å². The third-order valence-electron chi connectivity index (χ3n) is 3.91. The molecule has 2 amide bonds. The molecule has 0 aliphatic heterocycles. The van der Waals surface area contributed by atoms with E-state index >= 15 is 0 Å². The van der Waals surface area contributed by atoms with Crippen LogP contribution in [0.1, 0.15) is 5.56 Å². The number of pyridine rings is 1. The first-order chi connectivity index (χ1) is 13.4. The number of nitrogens with two attached hydrogens (primary N) is 1. The predicted molar refractivity (Wildman–Crippen MR) is 116 cm³/mol. The molecule has 3 rings (SSSR count). The lowest BCUT2D eigenvalue weighted by molar-refractivity contribution is 0.253. The number of amides is 2. The Morgan fingerprint density at radius 1 is 1.07 bits per heavy atom. The minimum absolute atomic E-state index is 0.0849. The number of carbonyl (C=O) groups is 1. The molecule has 7 nitrogen and oxygen atoms in total. The second-order valence-electron chi connectivity index (χ2n) is 5.86. The van der Waals surface area contributed by atoms with Crippen molar-refractivity contribution in [1.29, 1.82) is 0 Å². The van der Waals surface area contributed by atoms with Crippen molar-refractivity contribution in [3.63, 3.8) is 0 Å². The van der Waals surface area contributed by atoms with Crippen molar-refractivity contribution in [2.24, 2.45) is 5.73 Å². The fourth-order valence-electron chi connectivity index (χ4n) is 2.52. The van der Waals surface area contributed by atoms with E-state index in [2.05, 4.69) is 32.3 Å². The third-order valence-corrected chi connectivity index (χ3v) is 6.23. The highest BCUT2D eigenvalue weighted by Crippen LogP contribution is 2.24. The maximum Gasteiger partial charge on any atom is 0.319 e. The predicted octanol–water partition coefficient (Wildman–Crippen LogP) is 3.57. The van der Waals surface area contributed by atoms with Gasteiger partial charge in [-0.2, -0.15) is 0 Å². The molecule has 0 saturated heterocycles. The van der Waals surface area contributed by atoms with Gasteiger partial charge < -0.3 is 5.73 Å². The summed E-state index contributed by atoms with van der Waals surface area (Å²) in [5.41, 5.74) is 7.29. The van der Waals surface area contributed by atoms with Gasteiger partial charge in [0.15, 0.2) is 0 Å². The van der Waals surface area contributed by atoms with Gasteiger partial charge in [0, 0.05) is 21.7 Å². The number of para-hydroxylation sites is 1. The van der Waals surface area contributed by atoms with E-state index in [9.17, 15) is 13.2 Å². The summed E-state index contributed by atoms with van der Waals surface area (Å²) in [7, 11) is -3.76. The molecule has 3 aromatic rings. The second kappa shape index (κ2) is 8.57. The van der Waals surface area contributed by atoms with E-state index in [0.29, 0.717) is 11.4 Å². The molecule has 0 radical (unpaired) electrons. The quantitative estimate of drug-likeness (QED) is 0.497. The van der Waals surface area contributed by atoms with Crippen LogP contribution in [0.25, 0.3) is 0 Å². The minimum atomic E-state index is -3.76. The summed E-state index contributed by atoms with van der Waals surface area (Å²) >= 11 is 2.06. The molecule has 3 N–H and O–H groups in total. The zero-order valence-corrected chi connectivity index (χ0v) is 17.6. The number of primary amides is 1. The Morgan fingerprint density at radius 3 is 2.39 bits per heavy atom. The Kier molecular flexibility index (Phi) is 6.15. The van der Waals surface area contributed by atoms with Crippen LogP contribution in [0, 0.1) is 3.57 Å². The number of rotatable bonds is 6. The fraction of sp³-hybridized carbons (Fsp3) is 0.0526. The molecular formula is C19H17IN4O3S. The Labute approximate surface area is 176 Å². The Hall–Kier alpha value is -2.66. The number of sulfonamides is 1. The SMILES string of the molecule is NC(=O)N(Cc1cccnc1)c1ccc(S(=O)(=O)Nc2ccccc2I)cc1. The van der Waals surface area contributed by atoms with Gasteiger partial charge in [0.25, 0.3) is 10.0 Å². The molecule has 2 aromatic carbocycles. The van der Waals surface area contributed by atoms with E-state index < -0.39 is 16.1 Å². The maximum absolute atomic E-state index is 12.6. The number of aromatic nitrogens is 1. The van der Waals surface area contributed by atoms with E-state index in [-0.39, 0.29) is 11.4 Å². The van der Waals surface area contributed by atoms with Crippen LogP contribution in [0.15, 0.2) is 78.0 Å². The van der Waals surface area contributed by atoms with Crippen LogP contribution in [0.5, 0.6) is 0 Å². The van der Waals surface area contributed by atoms with Crippen LogP contribution in [-0.2, 0) is 16.6 Å². The normalized spacial score (nSPS) is 11.0. The highest BCUT2D eigenvalue weighted by molar-refractivity contribution is 14.1. The van der Waals surface area contributed by atoms with Gasteiger partial charge in [0.05, 0.1) is 17.1 Å². The second-order valence-corrected chi connectivity index (χ2v) is 8.71. The highest BCUT2D eigenvalue weighted by Gasteiger charge is 2.18. The van der Waals surface area contributed by atoms with Crippen molar-refractivity contribution in [2.75, 3.05) is 9.62 Å². The summed E-state index contributed by atoms with van der Waals surface area (Å²) in [6, 6.07) is 16.0. The molecule has 144 valence electrons. The summed E-state index contributed by atoms with van der Waals surface area (Å²) in [6.45, 7) is 0.232. The van der Waals surface area contributed by atoms with E-state index in [1.165, 1.54) is 17.0 Å².